The molecular formula is C22H16N2O5. The van der Waals surface area contributed by atoms with Gasteiger partial charge in [0.25, 0.3) is 0 Å². The van der Waals surface area contributed by atoms with E-state index >= 15 is 0 Å². The number of hydrogen-bond acceptors (Lipinski definition) is 5. The molecule has 1 atom stereocenters. The molecule has 144 valence electrons. The van der Waals surface area contributed by atoms with Gasteiger partial charge in [-0.05, 0) is 23.3 Å². The van der Waals surface area contributed by atoms with Gasteiger partial charge in [-0.25, -0.2) is 0 Å². The number of carbonyl (C=O) groups excluding carboxylic acids is 1. The maximum atomic E-state index is 13.8. The Morgan fingerprint density at radius 3 is 2.59 bits per heavy atom. The summed E-state index contributed by atoms with van der Waals surface area (Å²) in [6.45, 7) is 0.742. The summed E-state index contributed by atoms with van der Waals surface area (Å²) in [7, 11) is 0. The van der Waals surface area contributed by atoms with Gasteiger partial charge in [-0.1, -0.05) is 24.3 Å². The number of ether oxygens (including phenoxy) is 3. The number of fused-ring (bicyclic) bond motifs is 5. The number of pyridine rings is 1. The zero-order valence-corrected chi connectivity index (χ0v) is 15.3. The van der Waals surface area contributed by atoms with Gasteiger partial charge in [0, 0.05) is 29.6 Å². The van der Waals surface area contributed by atoms with Crippen LogP contribution in [0.15, 0.2) is 59.5 Å². The van der Waals surface area contributed by atoms with Gasteiger partial charge in [0.2, 0.25) is 18.3 Å². The van der Waals surface area contributed by atoms with E-state index in [0.717, 1.165) is 22.4 Å². The largest absolute Gasteiger partial charge is 0.491 e. The quantitative estimate of drug-likeness (QED) is 0.729. The lowest BCUT2D eigenvalue weighted by Crippen LogP contribution is -2.42. The van der Waals surface area contributed by atoms with Crippen LogP contribution in [-0.2, 0) is 16.8 Å². The van der Waals surface area contributed by atoms with Crippen LogP contribution < -0.4 is 24.7 Å². The molecule has 3 aliphatic rings. The van der Waals surface area contributed by atoms with Crippen LogP contribution in [0.1, 0.15) is 16.7 Å². The van der Waals surface area contributed by atoms with E-state index in [9.17, 15) is 9.59 Å². The Hall–Kier alpha value is -3.74. The molecule has 29 heavy (non-hydrogen) atoms. The summed E-state index contributed by atoms with van der Waals surface area (Å²) in [5, 5.41) is 0. The Morgan fingerprint density at radius 2 is 1.76 bits per heavy atom. The number of carbonyl (C=O) groups is 1. The number of benzene rings is 2. The summed E-state index contributed by atoms with van der Waals surface area (Å²) in [6.07, 6.45) is 1.64. The first-order valence-electron chi connectivity index (χ1n) is 9.33. The lowest BCUT2D eigenvalue weighted by molar-refractivity contribution is -0.122. The molecule has 3 aliphatic heterocycles. The van der Waals surface area contributed by atoms with Crippen LogP contribution >= 0.6 is 0 Å². The zero-order valence-electron chi connectivity index (χ0n) is 15.3. The number of aromatic amines is 1. The molecule has 0 saturated carbocycles. The van der Waals surface area contributed by atoms with Gasteiger partial charge in [0.1, 0.15) is 17.8 Å². The number of para-hydroxylation sites is 1. The predicted molar refractivity (Wildman–Crippen MR) is 104 cm³/mol. The van der Waals surface area contributed by atoms with Crippen molar-refractivity contribution >= 4 is 11.6 Å². The van der Waals surface area contributed by atoms with Crippen LogP contribution in [0.3, 0.4) is 0 Å². The zero-order chi connectivity index (χ0) is 19.6. The van der Waals surface area contributed by atoms with Crippen LogP contribution in [0.5, 0.6) is 17.2 Å². The summed E-state index contributed by atoms with van der Waals surface area (Å²) in [4.78, 5) is 29.6. The highest BCUT2D eigenvalue weighted by Crippen LogP contribution is 2.55. The summed E-state index contributed by atoms with van der Waals surface area (Å²) in [5.41, 5.74) is 2.30. The van der Waals surface area contributed by atoms with E-state index in [4.69, 9.17) is 14.2 Å². The number of anilines is 1. The molecular weight excluding hydrogens is 372 g/mol. The minimum absolute atomic E-state index is 0.0532. The Kier molecular flexibility index (Phi) is 3.16. The predicted octanol–water partition coefficient (Wildman–Crippen LogP) is 2.33. The SMILES string of the molecule is O=C1N(Cc2ccc(=O)[nH]c2)c2ccccc2C12COc1cc3c(cc12)OCO3. The number of hydrogen-bond donors (Lipinski definition) is 1. The molecule has 6 rings (SSSR count). The summed E-state index contributed by atoms with van der Waals surface area (Å²) in [6, 6.07) is 14.6. The van der Waals surface area contributed by atoms with Crippen LogP contribution in [0.2, 0.25) is 0 Å². The lowest BCUT2D eigenvalue weighted by Gasteiger charge is -2.23. The van der Waals surface area contributed by atoms with E-state index in [-0.39, 0.29) is 24.9 Å². The molecule has 0 fully saturated rings. The van der Waals surface area contributed by atoms with E-state index in [1.54, 1.807) is 23.2 Å². The second kappa shape index (κ2) is 5.64. The molecule has 0 aliphatic carbocycles. The molecule has 1 N–H and O–H groups in total. The second-order valence-corrected chi connectivity index (χ2v) is 7.37. The van der Waals surface area contributed by atoms with Crippen molar-refractivity contribution in [2.75, 3.05) is 18.3 Å². The average molecular weight is 388 g/mol. The maximum Gasteiger partial charge on any atom is 0.247 e. The Balaban J connectivity index is 1.50. The van der Waals surface area contributed by atoms with E-state index < -0.39 is 5.41 Å². The minimum atomic E-state index is -0.922. The van der Waals surface area contributed by atoms with E-state index in [1.165, 1.54) is 6.07 Å². The number of aromatic nitrogens is 1. The van der Waals surface area contributed by atoms with Gasteiger partial charge in [-0.3, -0.25) is 9.59 Å². The van der Waals surface area contributed by atoms with Gasteiger partial charge in [-0.2, -0.15) is 0 Å². The Morgan fingerprint density at radius 1 is 0.931 bits per heavy atom. The minimum Gasteiger partial charge on any atom is -0.491 e. The van der Waals surface area contributed by atoms with Crippen molar-refractivity contribution in [1.29, 1.82) is 0 Å². The number of nitrogens with one attached hydrogen (secondary N) is 1. The van der Waals surface area contributed by atoms with Crippen molar-refractivity contribution in [1.82, 2.24) is 4.98 Å². The third-order valence-electron chi connectivity index (χ3n) is 5.83. The fourth-order valence-electron chi connectivity index (χ4n) is 4.45. The molecule has 1 unspecified atom stereocenters. The number of nitrogens with zero attached hydrogens (tertiary/aromatic N) is 1. The van der Waals surface area contributed by atoms with Crippen LogP contribution in [-0.4, -0.2) is 24.3 Å². The van der Waals surface area contributed by atoms with Gasteiger partial charge < -0.3 is 24.1 Å². The standard InChI is InChI=1S/C22H16N2O5/c25-20-6-5-13(9-23-20)10-24-16-4-2-1-3-14(16)22(21(24)26)11-27-17-8-19-18(7-15(17)22)28-12-29-19/h1-9H,10-12H2,(H,23,25). The van der Waals surface area contributed by atoms with Crippen molar-refractivity contribution in [3.05, 3.63) is 81.8 Å². The molecule has 7 heteroatoms. The molecule has 1 spiro atoms. The molecule has 4 heterocycles. The van der Waals surface area contributed by atoms with Crippen LogP contribution in [0.25, 0.3) is 0 Å². The van der Waals surface area contributed by atoms with Gasteiger partial charge in [-0.15, -0.1) is 0 Å². The smallest absolute Gasteiger partial charge is 0.247 e. The van der Waals surface area contributed by atoms with Gasteiger partial charge >= 0.3 is 0 Å². The van der Waals surface area contributed by atoms with Crippen molar-refractivity contribution in [2.45, 2.75) is 12.0 Å². The number of rotatable bonds is 2. The topological polar surface area (TPSA) is 80.9 Å². The van der Waals surface area contributed by atoms with E-state index in [0.29, 0.717) is 23.8 Å². The van der Waals surface area contributed by atoms with Crippen molar-refractivity contribution in [3.8, 4) is 17.2 Å². The summed E-state index contributed by atoms with van der Waals surface area (Å²) >= 11 is 0. The van der Waals surface area contributed by atoms with Crippen molar-refractivity contribution < 1.29 is 19.0 Å². The van der Waals surface area contributed by atoms with E-state index in [2.05, 4.69) is 4.98 Å². The average Bonchev–Trinajstić information content (AvgIpc) is 3.41. The lowest BCUT2D eigenvalue weighted by atomic mass is 9.77. The molecule has 0 radical (unpaired) electrons. The third kappa shape index (κ3) is 2.12. The molecule has 1 aromatic heterocycles. The van der Waals surface area contributed by atoms with Gasteiger partial charge in [0.15, 0.2) is 11.5 Å². The van der Waals surface area contributed by atoms with Crippen LogP contribution in [0, 0.1) is 0 Å². The van der Waals surface area contributed by atoms with Crippen molar-refractivity contribution in [3.63, 3.8) is 0 Å². The fraction of sp³-hybridized carbons (Fsp3) is 0.182. The van der Waals surface area contributed by atoms with Gasteiger partial charge in [0.05, 0.1) is 6.54 Å². The number of amides is 1. The monoisotopic (exact) mass is 388 g/mol. The van der Waals surface area contributed by atoms with E-state index in [1.807, 2.05) is 30.3 Å². The maximum absolute atomic E-state index is 13.8. The highest BCUT2D eigenvalue weighted by Gasteiger charge is 2.57. The first-order valence-corrected chi connectivity index (χ1v) is 9.33. The first kappa shape index (κ1) is 16.2. The molecule has 2 aromatic carbocycles. The molecule has 0 saturated heterocycles. The first-order chi connectivity index (χ1) is 14.2. The molecule has 1 amide bonds. The molecule has 3 aromatic rings. The molecule has 7 nitrogen and oxygen atoms in total. The molecule has 0 bridgehead atoms. The third-order valence-corrected chi connectivity index (χ3v) is 5.83. The fourth-order valence-corrected chi connectivity index (χ4v) is 4.45. The Bertz CT molecular complexity index is 1210. The highest BCUT2D eigenvalue weighted by molar-refractivity contribution is 6.11. The Labute approximate surface area is 165 Å². The van der Waals surface area contributed by atoms with Crippen LogP contribution in [0.4, 0.5) is 5.69 Å². The number of H-pyrrole nitrogens is 1. The second-order valence-electron chi connectivity index (χ2n) is 7.37. The summed E-state index contributed by atoms with van der Waals surface area (Å²) < 4.78 is 17.0. The normalized spacial score (nSPS) is 20.7. The van der Waals surface area contributed by atoms with Crippen molar-refractivity contribution in [2.24, 2.45) is 0 Å². The highest BCUT2D eigenvalue weighted by atomic mass is 16.7. The summed E-state index contributed by atoms with van der Waals surface area (Å²) in [5.74, 6) is 1.84.